The van der Waals surface area contributed by atoms with Gasteiger partial charge in [0.1, 0.15) is 0 Å². The minimum Gasteiger partial charge on any atom is -0.338 e. The molecule has 0 saturated carbocycles. The molecule has 1 aromatic carbocycles. The highest BCUT2D eigenvalue weighted by atomic mass is 35.5. The zero-order valence-electron chi connectivity index (χ0n) is 13.6. The maximum atomic E-state index is 5.91. The van der Waals surface area contributed by atoms with Crippen molar-refractivity contribution in [2.24, 2.45) is 0 Å². The number of thioether (sulfide) groups is 1. The summed E-state index contributed by atoms with van der Waals surface area (Å²) < 4.78 is 5.41. The van der Waals surface area contributed by atoms with Crippen molar-refractivity contribution in [1.29, 1.82) is 0 Å². The molecule has 3 aromatic rings. The van der Waals surface area contributed by atoms with Crippen LogP contribution < -0.4 is 0 Å². The number of halogens is 1. The molecule has 0 amide bonds. The first-order chi connectivity index (χ1) is 12.2. The van der Waals surface area contributed by atoms with Crippen molar-refractivity contribution in [1.82, 2.24) is 25.0 Å². The van der Waals surface area contributed by atoms with E-state index in [0.29, 0.717) is 23.3 Å². The molecule has 0 unspecified atom stereocenters. The summed E-state index contributed by atoms with van der Waals surface area (Å²) in [5.41, 5.74) is 3.20. The zero-order valence-corrected chi connectivity index (χ0v) is 15.2. The van der Waals surface area contributed by atoms with Crippen LogP contribution in [0, 0.1) is 0 Å². The Balaban J connectivity index is 1.45. The van der Waals surface area contributed by atoms with Gasteiger partial charge in [-0.2, -0.15) is 4.98 Å². The molecular formula is C17H16ClN5OS. The van der Waals surface area contributed by atoms with Crippen LogP contribution in [0.2, 0.25) is 5.02 Å². The van der Waals surface area contributed by atoms with Crippen LogP contribution in [0.3, 0.4) is 0 Å². The predicted octanol–water partition coefficient (Wildman–Crippen LogP) is 3.46. The first-order valence-corrected chi connectivity index (χ1v) is 9.51. The lowest BCUT2D eigenvalue weighted by Crippen LogP contribution is -2.31. The fourth-order valence-electron chi connectivity index (χ4n) is 2.82. The predicted molar refractivity (Wildman–Crippen MR) is 96.4 cm³/mol. The summed E-state index contributed by atoms with van der Waals surface area (Å²) in [6.45, 7) is 2.32. The second kappa shape index (κ2) is 7.11. The normalized spacial score (nSPS) is 14.5. The van der Waals surface area contributed by atoms with Gasteiger partial charge in [-0.15, -0.1) is 0 Å². The summed E-state index contributed by atoms with van der Waals surface area (Å²) in [6, 6.07) is 7.40. The molecule has 128 valence electrons. The van der Waals surface area contributed by atoms with Crippen LogP contribution in [0.1, 0.15) is 17.1 Å². The van der Waals surface area contributed by atoms with E-state index in [1.54, 1.807) is 11.8 Å². The van der Waals surface area contributed by atoms with E-state index >= 15 is 0 Å². The Morgan fingerprint density at radius 3 is 2.88 bits per heavy atom. The third-order valence-electron chi connectivity index (χ3n) is 4.10. The average molecular weight is 374 g/mol. The number of fused-ring (bicyclic) bond motifs is 1. The fourth-order valence-corrected chi connectivity index (χ4v) is 3.30. The summed E-state index contributed by atoms with van der Waals surface area (Å²) in [5, 5.41) is 5.58. The van der Waals surface area contributed by atoms with Crippen molar-refractivity contribution >= 4 is 23.4 Å². The van der Waals surface area contributed by atoms with Gasteiger partial charge in [-0.3, -0.25) is 4.90 Å². The molecule has 25 heavy (non-hydrogen) atoms. The minimum atomic E-state index is 0.581. The summed E-state index contributed by atoms with van der Waals surface area (Å²) in [5.74, 6) is 1.19. The Morgan fingerprint density at radius 2 is 2.08 bits per heavy atom. The van der Waals surface area contributed by atoms with Gasteiger partial charge in [0, 0.05) is 41.9 Å². The number of nitrogens with zero attached hydrogens (tertiary/aromatic N) is 5. The maximum Gasteiger partial charge on any atom is 0.241 e. The van der Waals surface area contributed by atoms with Gasteiger partial charge in [0.15, 0.2) is 5.16 Å². The molecule has 0 atom stereocenters. The lowest BCUT2D eigenvalue weighted by Gasteiger charge is -2.26. The van der Waals surface area contributed by atoms with Crippen molar-refractivity contribution in [2.75, 3.05) is 12.8 Å². The van der Waals surface area contributed by atoms with Crippen LogP contribution in [0.25, 0.3) is 11.4 Å². The second-order valence-electron chi connectivity index (χ2n) is 5.81. The SMILES string of the molecule is CSc1ncc2c(n1)CCN(Cc1nc(-c3ccc(Cl)cc3)no1)C2. The maximum absolute atomic E-state index is 5.91. The number of benzene rings is 1. The molecule has 0 radical (unpaired) electrons. The van der Waals surface area contributed by atoms with Crippen molar-refractivity contribution < 1.29 is 4.52 Å². The number of hydrogen-bond donors (Lipinski definition) is 0. The Hall–Kier alpha value is -1.96. The highest BCUT2D eigenvalue weighted by molar-refractivity contribution is 7.98. The molecule has 0 bridgehead atoms. The summed E-state index contributed by atoms with van der Waals surface area (Å²) in [4.78, 5) is 15.7. The van der Waals surface area contributed by atoms with E-state index in [4.69, 9.17) is 16.1 Å². The van der Waals surface area contributed by atoms with Crippen LogP contribution in [0.15, 0.2) is 40.1 Å². The van der Waals surface area contributed by atoms with Gasteiger partial charge in [-0.05, 0) is 30.5 Å². The highest BCUT2D eigenvalue weighted by Crippen LogP contribution is 2.22. The third kappa shape index (κ3) is 3.68. The molecule has 0 saturated heterocycles. The highest BCUT2D eigenvalue weighted by Gasteiger charge is 2.20. The van der Waals surface area contributed by atoms with Gasteiger partial charge < -0.3 is 4.52 Å². The Kier molecular flexibility index (Phi) is 4.70. The van der Waals surface area contributed by atoms with Crippen LogP contribution >= 0.6 is 23.4 Å². The number of hydrogen-bond acceptors (Lipinski definition) is 7. The van der Waals surface area contributed by atoms with Gasteiger partial charge in [0.05, 0.1) is 12.2 Å². The molecule has 6 nitrogen and oxygen atoms in total. The lowest BCUT2D eigenvalue weighted by molar-refractivity contribution is 0.208. The molecule has 1 aliphatic heterocycles. The smallest absolute Gasteiger partial charge is 0.241 e. The van der Waals surface area contributed by atoms with Crippen molar-refractivity contribution in [3.05, 3.63) is 52.6 Å². The third-order valence-corrected chi connectivity index (χ3v) is 4.92. The molecule has 0 N–H and O–H groups in total. The monoisotopic (exact) mass is 373 g/mol. The molecule has 0 fully saturated rings. The van der Waals surface area contributed by atoms with E-state index < -0.39 is 0 Å². The average Bonchev–Trinajstić information content (AvgIpc) is 3.10. The largest absolute Gasteiger partial charge is 0.338 e. The standard InChI is InChI=1S/C17H16ClN5OS/c1-25-17-19-8-12-9-23(7-6-14(12)20-17)10-15-21-16(22-24-15)11-2-4-13(18)5-3-11/h2-5,8H,6-7,9-10H2,1H3. The zero-order chi connectivity index (χ0) is 17.2. The Morgan fingerprint density at radius 1 is 1.24 bits per heavy atom. The van der Waals surface area contributed by atoms with E-state index in [2.05, 4.69) is 25.0 Å². The van der Waals surface area contributed by atoms with Gasteiger partial charge >= 0.3 is 0 Å². The Bertz CT molecular complexity index is 883. The molecule has 0 spiro atoms. The van der Waals surface area contributed by atoms with Crippen LogP contribution in [0.5, 0.6) is 0 Å². The second-order valence-corrected chi connectivity index (χ2v) is 7.02. The molecule has 8 heteroatoms. The lowest BCUT2D eigenvalue weighted by atomic mass is 10.1. The molecule has 0 aliphatic carbocycles. The molecule has 1 aliphatic rings. The van der Waals surface area contributed by atoms with Crippen molar-refractivity contribution in [3.63, 3.8) is 0 Å². The topological polar surface area (TPSA) is 67.9 Å². The molecule has 4 rings (SSSR count). The van der Waals surface area contributed by atoms with Gasteiger partial charge in [-0.25, -0.2) is 9.97 Å². The summed E-state index contributed by atoms with van der Waals surface area (Å²) in [6.07, 6.45) is 4.82. The molecular weight excluding hydrogens is 358 g/mol. The van der Waals surface area contributed by atoms with Crippen molar-refractivity contribution in [2.45, 2.75) is 24.7 Å². The van der Waals surface area contributed by atoms with E-state index in [-0.39, 0.29) is 0 Å². The first-order valence-electron chi connectivity index (χ1n) is 7.91. The summed E-state index contributed by atoms with van der Waals surface area (Å²) >= 11 is 7.48. The minimum absolute atomic E-state index is 0.581. The van der Waals surface area contributed by atoms with E-state index in [9.17, 15) is 0 Å². The van der Waals surface area contributed by atoms with E-state index in [1.807, 2.05) is 36.7 Å². The van der Waals surface area contributed by atoms with E-state index in [0.717, 1.165) is 35.9 Å². The van der Waals surface area contributed by atoms with Crippen LogP contribution in [0.4, 0.5) is 0 Å². The fraction of sp³-hybridized carbons (Fsp3) is 0.294. The van der Waals surface area contributed by atoms with Gasteiger partial charge in [-0.1, -0.05) is 28.5 Å². The molecule has 2 aromatic heterocycles. The van der Waals surface area contributed by atoms with Crippen LogP contribution in [-0.2, 0) is 19.5 Å². The summed E-state index contributed by atoms with van der Waals surface area (Å²) in [7, 11) is 0. The first kappa shape index (κ1) is 16.5. The number of aromatic nitrogens is 4. The van der Waals surface area contributed by atoms with Crippen LogP contribution in [-0.4, -0.2) is 37.8 Å². The van der Waals surface area contributed by atoms with Gasteiger partial charge in [0.2, 0.25) is 11.7 Å². The van der Waals surface area contributed by atoms with Gasteiger partial charge in [0.25, 0.3) is 0 Å². The quantitative estimate of drug-likeness (QED) is 0.512. The number of rotatable bonds is 4. The van der Waals surface area contributed by atoms with Crippen molar-refractivity contribution in [3.8, 4) is 11.4 Å². The Labute approximate surface area is 154 Å². The molecule has 3 heterocycles. The van der Waals surface area contributed by atoms with E-state index in [1.165, 1.54) is 5.56 Å².